The van der Waals surface area contributed by atoms with Crippen molar-refractivity contribution in [2.24, 2.45) is 0 Å². The van der Waals surface area contributed by atoms with Crippen LogP contribution in [0.2, 0.25) is 0 Å². The predicted octanol–water partition coefficient (Wildman–Crippen LogP) is 4.73. The quantitative estimate of drug-likeness (QED) is 0.377. The van der Waals surface area contributed by atoms with E-state index in [1.54, 1.807) is 11.2 Å². The Morgan fingerprint density at radius 1 is 1.00 bits per heavy atom. The Kier molecular flexibility index (Phi) is 6.52. The smallest absolute Gasteiger partial charge is 0.235 e. The summed E-state index contributed by atoms with van der Waals surface area (Å²) in [5.74, 6) is 1.34. The molecule has 0 aliphatic heterocycles. The summed E-state index contributed by atoms with van der Waals surface area (Å²) in [6, 6.07) is 23.8. The standard InChI is InChI=1S/C24H24N4O2S/c1-18(23(29)27(2)16-19-10-5-3-6-11-19)31-24-26-25-22(21-14-9-15-30-21)28(24)17-20-12-7-4-8-13-20/h3-15,18H,16-17H2,1-2H3. The van der Waals surface area contributed by atoms with E-state index in [-0.39, 0.29) is 11.2 Å². The van der Waals surface area contributed by atoms with Gasteiger partial charge >= 0.3 is 0 Å². The van der Waals surface area contributed by atoms with Gasteiger partial charge in [-0.1, -0.05) is 72.4 Å². The second kappa shape index (κ2) is 9.66. The predicted molar refractivity (Wildman–Crippen MR) is 122 cm³/mol. The van der Waals surface area contributed by atoms with Crippen molar-refractivity contribution in [1.29, 1.82) is 0 Å². The first-order chi connectivity index (χ1) is 15.1. The monoisotopic (exact) mass is 432 g/mol. The first-order valence-corrected chi connectivity index (χ1v) is 11.0. The molecule has 4 aromatic rings. The number of furan rings is 1. The Bertz CT molecular complexity index is 1110. The Morgan fingerprint density at radius 3 is 2.32 bits per heavy atom. The van der Waals surface area contributed by atoms with E-state index < -0.39 is 0 Å². The third-order valence-electron chi connectivity index (χ3n) is 4.91. The van der Waals surface area contributed by atoms with Gasteiger partial charge in [-0.3, -0.25) is 9.36 Å². The van der Waals surface area contributed by atoms with E-state index in [9.17, 15) is 4.79 Å². The lowest BCUT2D eigenvalue weighted by atomic mass is 10.2. The molecule has 31 heavy (non-hydrogen) atoms. The van der Waals surface area contributed by atoms with Crippen LogP contribution in [-0.4, -0.2) is 37.9 Å². The molecule has 7 heteroatoms. The number of hydrogen-bond acceptors (Lipinski definition) is 5. The third kappa shape index (κ3) is 5.06. The minimum Gasteiger partial charge on any atom is -0.461 e. The van der Waals surface area contributed by atoms with Crippen LogP contribution in [0.4, 0.5) is 0 Å². The highest BCUT2D eigenvalue weighted by Crippen LogP contribution is 2.28. The zero-order valence-electron chi connectivity index (χ0n) is 17.5. The number of rotatable bonds is 8. The van der Waals surface area contributed by atoms with Crippen LogP contribution in [-0.2, 0) is 17.9 Å². The molecule has 0 aliphatic carbocycles. The summed E-state index contributed by atoms with van der Waals surface area (Å²) in [6.45, 7) is 3.06. The van der Waals surface area contributed by atoms with Gasteiger partial charge in [-0.25, -0.2) is 0 Å². The van der Waals surface area contributed by atoms with Crippen molar-refractivity contribution in [1.82, 2.24) is 19.7 Å². The van der Waals surface area contributed by atoms with Gasteiger partial charge in [0.05, 0.1) is 18.1 Å². The highest BCUT2D eigenvalue weighted by atomic mass is 32.2. The molecule has 0 saturated heterocycles. The molecule has 0 fully saturated rings. The van der Waals surface area contributed by atoms with Crippen molar-refractivity contribution >= 4 is 17.7 Å². The Hall–Kier alpha value is -3.32. The summed E-state index contributed by atoms with van der Waals surface area (Å²) in [5, 5.41) is 9.11. The molecule has 0 bridgehead atoms. The third-order valence-corrected chi connectivity index (χ3v) is 5.98. The van der Waals surface area contributed by atoms with Gasteiger partial charge in [0.25, 0.3) is 0 Å². The van der Waals surface area contributed by atoms with Gasteiger partial charge in [0.15, 0.2) is 10.9 Å². The molecule has 0 radical (unpaired) electrons. The normalized spacial score (nSPS) is 11.9. The fourth-order valence-electron chi connectivity index (χ4n) is 3.33. The lowest BCUT2D eigenvalue weighted by Gasteiger charge is -2.21. The summed E-state index contributed by atoms with van der Waals surface area (Å²) in [6.07, 6.45) is 1.62. The number of hydrogen-bond donors (Lipinski definition) is 0. The van der Waals surface area contributed by atoms with Crippen molar-refractivity contribution in [3.05, 3.63) is 90.2 Å². The Labute approximate surface area is 185 Å². The van der Waals surface area contributed by atoms with Crippen LogP contribution in [0.25, 0.3) is 11.6 Å². The number of thioether (sulfide) groups is 1. The molecule has 0 aliphatic rings. The largest absolute Gasteiger partial charge is 0.461 e. The zero-order valence-corrected chi connectivity index (χ0v) is 18.3. The van der Waals surface area contributed by atoms with E-state index in [1.165, 1.54) is 11.8 Å². The zero-order chi connectivity index (χ0) is 21.6. The maximum Gasteiger partial charge on any atom is 0.235 e. The SMILES string of the molecule is CC(Sc1nnc(-c2ccco2)n1Cc1ccccc1)C(=O)N(C)Cc1ccccc1. The van der Waals surface area contributed by atoms with Crippen molar-refractivity contribution in [3.8, 4) is 11.6 Å². The Morgan fingerprint density at radius 2 is 1.68 bits per heavy atom. The highest BCUT2D eigenvalue weighted by Gasteiger charge is 2.24. The van der Waals surface area contributed by atoms with Crippen LogP contribution in [0.3, 0.4) is 0 Å². The fourth-order valence-corrected chi connectivity index (χ4v) is 4.29. The molecular weight excluding hydrogens is 408 g/mol. The van der Waals surface area contributed by atoms with E-state index in [0.717, 1.165) is 11.1 Å². The van der Waals surface area contributed by atoms with Gasteiger partial charge in [-0.05, 0) is 30.2 Å². The number of carbonyl (C=O) groups excluding carboxylic acids is 1. The van der Waals surface area contributed by atoms with Crippen LogP contribution in [0.1, 0.15) is 18.1 Å². The minimum absolute atomic E-state index is 0.0441. The first kappa shape index (κ1) is 20.9. The van der Waals surface area contributed by atoms with Crippen LogP contribution in [0, 0.1) is 0 Å². The number of nitrogens with zero attached hydrogens (tertiary/aromatic N) is 4. The minimum atomic E-state index is -0.308. The van der Waals surface area contributed by atoms with Crippen molar-refractivity contribution in [2.75, 3.05) is 7.05 Å². The maximum atomic E-state index is 13.0. The molecular formula is C24H24N4O2S. The first-order valence-electron chi connectivity index (χ1n) is 10.1. The maximum absolute atomic E-state index is 13.0. The Balaban J connectivity index is 1.53. The molecule has 4 rings (SSSR count). The molecule has 0 N–H and O–H groups in total. The number of amides is 1. The number of carbonyl (C=O) groups is 1. The highest BCUT2D eigenvalue weighted by molar-refractivity contribution is 8.00. The summed E-state index contributed by atoms with van der Waals surface area (Å²) in [4.78, 5) is 14.7. The second-order valence-corrected chi connectivity index (χ2v) is 8.60. The van der Waals surface area contributed by atoms with E-state index in [2.05, 4.69) is 22.3 Å². The fraction of sp³-hybridized carbons (Fsp3) is 0.208. The summed E-state index contributed by atoms with van der Waals surface area (Å²) in [5.41, 5.74) is 2.22. The van der Waals surface area contributed by atoms with Gasteiger partial charge in [-0.15, -0.1) is 10.2 Å². The molecule has 2 aromatic carbocycles. The van der Waals surface area contributed by atoms with E-state index in [4.69, 9.17) is 4.42 Å². The van der Waals surface area contributed by atoms with Crippen molar-refractivity contribution in [3.63, 3.8) is 0 Å². The van der Waals surface area contributed by atoms with E-state index in [1.807, 2.05) is 79.2 Å². The molecule has 6 nitrogen and oxygen atoms in total. The average molecular weight is 433 g/mol. The van der Waals surface area contributed by atoms with Crippen LogP contribution in [0.5, 0.6) is 0 Å². The van der Waals surface area contributed by atoms with Gasteiger partial charge in [0.2, 0.25) is 11.7 Å². The van der Waals surface area contributed by atoms with Crippen molar-refractivity contribution in [2.45, 2.75) is 30.4 Å². The lowest BCUT2D eigenvalue weighted by Crippen LogP contribution is -2.33. The van der Waals surface area contributed by atoms with Crippen molar-refractivity contribution < 1.29 is 9.21 Å². The summed E-state index contributed by atoms with van der Waals surface area (Å²) < 4.78 is 7.56. The molecule has 0 saturated carbocycles. The second-order valence-electron chi connectivity index (χ2n) is 7.30. The molecule has 158 valence electrons. The van der Waals surface area contributed by atoms with Gasteiger partial charge in [0.1, 0.15) is 0 Å². The molecule has 2 aromatic heterocycles. The summed E-state index contributed by atoms with van der Waals surface area (Å²) >= 11 is 1.41. The average Bonchev–Trinajstić information content (AvgIpc) is 3.45. The van der Waals surface area contributed by atoms with Crippen LogP contribution in [0.15, 0.2) is 88.6 Å². The summed E-state index contributed by atoms with van der Waals surface area (Å²) in [7, 11) is 1.83. The number of benzene rings is 2. The lowest BCUT2D eigenvalue weighted by molar-refractivity contribution is -0.129. The number of aromatic nitrogens is 3. The van der Waals surface area contributed by atoms with Gasteiger partial charge in [-0.2, -0.15) is 0 Å². The van der Waals surface area contributed by atoms with E-state index >= 15 is 0 Å². The molecule has 0 spiro atoms. The van der Waals surface area contributed by atoms with E-state index in [0.29, 0.717) is 29.8 Å². The molecule has 1 unspecified atom stereocenters. The molecule has 1 atom stereocenters. The van der Waals surface area contributed by atoms with Crippen LogP contribution >= 0.6 is 11.8 Å². The topological polar surface area (TPSA) is 64.2 Å². The molecule has 1 amide bonds. The molecule has 2 heterocycles. The van der Waals surface area contributed by atoms with Gasteiger partial charge < -0.3 is 9.32 Å². The van der Waals surface area contributed by atoms with Gasteiger partial charge in [0, 0.05) is 13.6 Å². The van der Waals surface area contributed by atoms with Crippen LogP contribution < -0.4 is 0 Å².